The third-order valence-corrected chi connectivity index (χ3v) is 5.80. The molecule has 2 amide bonds. The van der Waals surface area contributed by atoms with Crippen LogP contribution in [0, 0.1) is 13.8 Å². The molecule has 0 unspecified atom stereocenters. The predicted molar refractivity (Wildman–Crippen MR) is 111 cm³/mol. The third-order valence-electron chi connectivity index (χ3n) is 5.80. The lowest BCUT2D eigenvalue weighted by Crippen LogP contribution is -2.51. The van der Waals surface area contributed by atoms with Crippen molar-refractivity contribution in [3.05, 3.63) is 47.3 Å². The van der Waals surface area contributed by atoms with Crippen LogP contribution in [0.2, 0.25) is 0 Å². The molecule has 0 bridgehead atoms. The van der Waals surface area contributed by atoms with E-state index in [4.69, 9.17) is 0 Å². The van der Waals surface area contributed by atoms with E-state index in [0.29, 0.717) is 32.1 Å². The van der Waals surface area contributed by atoms with Crippen LogP contribution in [0.4, 0.5) is 0 Å². The Morgan fingerprint density at radius 1 is 1.07 bits per heavy atom. The summed E-state index contributed by atoms with van der Waals surface area (Å²) in [7, 11) is 0. The van der Waals surface area contributed by atoms with Crippen molar-refractivity contribution < 1.29 is 9.59 Å². The summed E-state index contributed by atoms with van der Waals surface area (Å²) in [5, 5.41) is 7.67. The number of aryl methyl sites for hydroxylation is 1. The highest BCUT2D eigenvalue weighted by Crippen LogP contribution is 2.20. The Hall–Kier alpha value is -2.67. The molecular weight excluding hydrogens is 366 g/mol. The average Bonchev–Trinajstić information content (AvgIpc) is 3.49. The molecule has 4 rings (SSSR count). The van der Waals surface area contributed by atoms with E-state index in [9.17, 15) is 9.59 Å². The number of hydrogen-bond donors (Lipinski definition) is 1. The molecule has 0 radical (unpaired) electrons. The standard InChI is InChI=1S/C22H29N5O2/c1-16-20(17(2)27(24-16)19-6-4-3-5-7-19)14-22(29)26-12-10-25(11-13-26)15-21(28)23-18-8-9-18/h3-7,18H,8-15H2,1-2H3,(H,23,28). The van der Waals surface area contributed by atoms with E-state index in [-0.39, 0.29) is 11.8 Å². The van der Waals surface area contributed by atoms with Gasteiger partial charge in [0.15, 0.2) is 0 Å². The van der Waals surface area contributed by atoms with Crippen LogP contribution in [0.5, 0.6) is 0 Å². The van der Waals surface area contributed by atoms with E-state index in [2.05, 4.69) is 15.3 Å². The van der Waals surface area contributed by atoms with Gasteiger partial charge in [0, 0.05) is 43.5 Å². The lowest BCUT2D eigenvalue weighted by molar-refractivity contribution is -0.132. The van der Waals surface area contributed by atoms with Gasteiger partial charge in [-0.05, 0) is 38.8 Å². The van der Waals surface area contributed by atoms with Crippen molar-refractivity contribution in [1.29, 1.82) is 0 Å². The van der Waals surface area contributed by atoms with Gasteiger partial charge in [-0.1, -0.05) is 18.2 Å². The molecule has 1 aromatic heterocycles. The number of nitrogens with one attached hydrogen (secondary N) is 1. The second-order valence-electron chi connectivity index (χ2n) is 8.07. The van der Waals surface area contributed by atoms with E-state index in [1.54, 1.807) is 0 Å². The number of para-hydroxylation sites is 1. The number of benzene rings is 1. The van der Waals surface area contributed by atoms with E-state index in [0.717, 1.165) is 48.6 Å². The first-order chi connectivity index (χ1) is 14.0. The second-order valence-corrected chi connectivity index (χ2v) is 8.07. The minimum Gasteiger partial charge on any atom is -0.352 e. The van der Waals surface area contributed by atoms with E-state index >= 15 is 0 Å². The maximum absolute atomic E-state index is 12.9. The van der Waals surface area contributed by atoms with Gasteiger partial charge in [-0.2, -0.15) is 5.10 Å². The van der Waals surface area contributed by atoms with Crippen LogP contribution < -0.4 is 5.32 Å². The second kappa shape index (κ2) is 8.37. The summed E-state index contributed by atoms with van der Waals surface area (Å²) in [5.41, 5.74) is 3.92. The molecule has 1 aromatic carbocycles. The van der Waals surface area contributed by atoms with Crippen LogP contribution in [-0.4, -0.2) is 70.2 Å². The fourth-order valence-corrected chi connectivity index (χ4v) is 3.87. The first-order valence-electron chi connectivity index (χ1n) is 10.4. The number of piperazine rings is 1. The van der Waals surface area contributed by atoms with Gasteiger partial charge < -0.3 is 10.2 Å². The maximum Gasteiger partial charge on any atom is 0.234 e. The van der Waals surface area contributed by atoms with E-state index in [1.807, 2.05) is 53.8 Å². The highest BCUT2D eigenvalue weighted by atomic mass is 16.2. The lowest BCUT2D eigenvalue weighted by Gasteiger charge is -2.34. The summed E-state index contributed by atoms with van der Waals surface area (Å²) in [5.74, 6) is 0.234. The topological polar surface area (TPSA) is 70.5 Å². The number of hydrogen-bond acceptors (Lipinski definition) is 4. The summed E-state index contributed by atoms with van der Waals surface area (Å²) >= 11 is 0. The van der Waals surface area contributed by atoms with Crippen molar-refractivity contribution in [2.45, 2.75) is 39.2 Å². The number of aromatic nitrogens is 2. The molecule has 2 heterocycles. The highest BCUT2D eigenvalue weighted by molar-refractivity contribution is 5.80. The molecule has 0 atom stereocenters. The molecule has 2 aromatic rings. The Balaban J connectivity index is 1.33. The molecule has 7 nitrogen and oxygen atoms in total. The number of nitrogens with zero attached hydrogens (tertiary/aromatic N) is 4. The molecule has 1 saturated heterocycles. The SMILES string of the molecule is Cc1nn(-c2ccccc2)c(C)c1CC(=O)N1CCN(CC(=O)NC2CC2)CC1. The Morgan fingerprint density at radius 3 is 2.41 bits per heavy atom. The van der Waals surface area contributed by atoms with E-state index in [1.165, 1.54) is 0 Å². The van der Waals surface area contributed by atoms with Gasteiger partial charge in [-0.15, -0.1) is 0 Å². The summed E-state index contributed by atoms with van der Waals surface area (Å²) in [6, 6.07) is 10.4. The fraction of sp³-hybridized carbons (Fsp3) is 0.500. The predicted octanol–water partition coefficient (Wildman–Crippen LogP) is 1.45. The molecule has 1 aliphatic heterocycles. The Kier molecular flexibility index (Phi) is 5.67. The highest BCUT2D eigenvalue weighted by Gasteiger charge is 2.27. The van der Waals surface area contributed by atoms with Crippen molar-refractivity contribution in [3.63, 3.8) is 0 Å². The molecule has 1 N–H and O–H groups in total. The summed E-state index contributed by atoms with van der Waals surface area (Å²) in [6.45, 7) is 7.23. The van der Waals surface area contributed by atoms with Crippen LogP contribution in [-0.2, 0) is 16.0 Å². The Bertz CT molecular complexity index is 880. The first-order valence-corrected chi connectivity index (χ1v) is 10.4. The molecule has 7 heteroatoms. The summed E-state index contributed by atoms with van der Waals surface area (Å²) in [6.07, 6.45) is 2.58. The van der Waals surface area contributed by atoms with Crippen molar-refractivity contribution in [3.8, 4) is 5.69 Å². The van der Waals surface area contributed by atoms with Gasteiger partial charge >= 0.3 is 0 Å². The summed E-state index contributed by atoms with van der Waals surface area (Å²) < 4.78 is 1.91. The summed E-state index contributed by atoms with van der Waals surface area (Å²) in [4.78, 5) is 28.9. The van der Waals surface area contributed by atoms with Crippen LogP contribution in [0.15, 0.2) is 30.3 Å². The van der Waals surface area contributed by atoms with Crippen LogP contribution in [0.25, 0.3) is 5.69 Å². The lowest BCUT2D eigenvalue weighted by atomic mass is 10.1. The smallest absolute Gasteiger partial charge is 0.234 e. The van der Waals surface area contributed by atoms with Gasteiger partial charge in [0.1, 0.15) is 0 Å². The molecular formula is C22H29N5O2. The first kappa shape index (κ1) is 19.6. The molecule has 29 heavy (non-hydrogen) atoms. The van der Waals surface area contributed by atoms with Crippen molar-refractivity contribution >= 4 is 11.8 Å². The minimum atomic E-state index is 0.104. The number of rotatable bonds is 6. The zero-order valence-corrected chi connectivity index (χ0v) is 17.2. The zero-order chi connectivity index (χ0) is 20.4. The van der Waals surface area contributed by atoms with Crippen LogP contribution >= 0.6 is 0 Å². The van der Waals surface area contributed by atoms with Crippen molar-refractivity contribution in [2.75, 3.05) is 32.7 Å². The zero-order valence-electron chi connectivity index (χ0n) is 17.2. The van der Waals surface area contributed by atoms with Gasteiger partial charge in [-0.25, -0.2) is 4.68 Å². The molecule has 154 valence electrons. The fourth-order valence-electron chi connectivity index (χ4n) is 3.87. The van der Waals surface area contributed by atoms with Crippen LogP contribution in [0.3, 0.4) is 0 Å². The Morgan fingerprint density at radius 2 is 1.76 bits per heavy atom. The van der Waals surface area contributed by atoms with Gasteiger partial charge in [0.2, 0.25) is 11.8 Å². The number of carbonyl (C=O) groups is 2. The molecule has 1 aliphatic carbocycles. The quantitative estimate of drug-likeness (QED) is 0.804. The minimum absolute atomic E-state index is 0.104. The third kappa shape index (κ3) is 4.67. The van der Waals surface area contributed by atoms with E-state index < -0.39 is 0 Å². The molecule has 2 fully saturated rings. The number of amides is 2. The van der Waals surface area contributed by atoms with Crippen molar-refractivity contribution in [1.82, 2.24) is 24.9 Å². The Labute approximate surface area is 171 Å². The van der Waals surface area contributed by atoms with Gasteiger partial charge in [0.25, 0.3) is 0 Å². The normalized spacial score (nSPS) is 17.4. The van der Waals surface area contributed by atoms with Gasteiger partial charge in [-0.3, -0.25) is 14.5 Å². The molecule has 2 aliphatic rings. The monoisotopic (exact) mass is 395 g/mol. The molecule has 1 saturated carbocycles. The largest absolute Gasteiger partial charge is 0.352 e. The van der Waals surface area contributed by atoms with Gasteiger partial charge in [0.05, 0.1) is 24.3 Å². The van der Waals surface area contributed by atoms with Crippen molar-refractivity contribution in [2.24, 2.45) is 0 Å². The van der Waals surface area contributed by atoms with Crippen LogP contribution in [0.1, 0.15) is 29.8 Å². The number of carbonyl (C=O) groups excluding carboxylic acids is 2. The maximum atomic E-state index is 12.9. The molecule has 0 spiro atoms. The average molecular weight is 396 g/mol.